The van der Waals surface area contributed by atoms with Gasteiger partial charge in [0.25, 0.3) is 0 Å². The molecule has 0 saturated carbocycles. The van der Waals surface area contributed by atoms with Gasteiger partial charge < -0.3 is 9.64 Å². The Morgan fingerprint density at radius 1 is 1.58 bits per heavy atom. The minimum absolute atomic E-state index is 0.0445. The van der Waals surface area contributed by atoms with Crippen LogP contribution in [0.25, 0.3) is 0 Å². The fraction of sp³-hybridized carbons (Fsp3) is 0.286. The minimum Gasteiger partial charge on any atom is -0.465 e. The first kappa shape index (κ1) is 13.8. The second-order valence-electron chi connectivity index (χ2n) is 4.36. The monoisotopic (exact) mass is 323 g/mol. The van der Waals surface area contributed by atoms with Crippen LogP contribution in [-0.2, 0) is 9.53 Å². The molecule has 1 unspecified atom stereocenters. The van der Waals surface area contributed by atoms with E-state index in [9.17, 15) is 9.59 Å². The molecule has 1 aliphatic heterocycles. The smallest absolute Gasteiger partial charge is 0.339 e. The Balaban J connectivity index is 2.33. The zero-order valence-electron chi connectivity index (χ0n) is 10.6. The lowest BCUT2D eigenvalue weighted by Gasteiger charge is -2.17. The Bertz CT molecular complexity index is 541. The number of carbonyl (C=O) groups is 2. The van der Waals surface area contributed by atoms with Crippen LogP contribution in [0.15, 0.2) is 35.3 Å². The number of halogens is 1. The van der Waals surface area contributed by atoms with E-state index in [0.717, 1.165) is 0 Å². The van der Waals surface area contributed by atoms with Crippen LogP contribution >= 0.6 is 15.9 Å². The van der Waals surface area contributed by atoms with Gasteiger partial charge in [-0.1, -0.05) is 6.08 Å². The average Bonchev–Trinajstić information content (AvgIpc) is 2.80. The van der Waals surface area contributed by atoms with Crippen LogP contribution in [0, 0.1) is 5.92 Å². The van der Waals surface area contributed by atoms with E-state index in [1.54, 1.807) is 29.2 Å². The molecule has 1 saturated heterocycles. The van der Waals surface area contributed by atoms with Gasteiger partial charge in [-0.15, -0.1) is 6.58 Å². The molecule has 0 bridgehead atoms. The van der Waals surface area contributed by atoms with Crippen molar-refractivity contribution in [2.24, 2.45) is 5.92 Å². The van der Waals surface area contributed by atoms with Gasteiger partial charge in [-0.2, -0.15) is 0 Å². The largest absolute Gasteiger partial charge is 0.465 e. The average molecular weight is 324 g/mol. The molecule has 0 aromatic heterocycles. The van der Waals surface area contributed by atoms with Gasteiger partial charge in [0.15, 0.2) is 0 Å². The first-order valence-corrected chi connectivity index (χ1v) is 6.67. The number of nitrogens with zero attached hydrogens (tertiary/aromatic N) is 1. The molecule has 0 spiro atoms. The summed E-state index contributed by atoms with van der Waals surface area (Å²) < 4.78 is 5.36. The van der Waals surface area contributed by atoms with E-state index in [4.69, 9.17) is 4.74 Å². The van der Waals surface area contributed by atoms with Crippen LogP contribution in [0.5, 0.6) is 0 Å². The normalized spacial score (nSPS) is 18.5. The Morgan fingerprint density at radius 2 is 2.32 bits per heavy atom. The van der Waals surface area contributed by atoms with Crippen molar-refractivity contribution in [2.45, 2.75) is 6.42 Å². The fourth-order valence-electron chi connectivity index (χ4n) is 2.09. The lowest BCUT2D eigenvalue weighted by atomic mass is 10.1. The van der Waals surface area contributed by atoms with Gasteiger partial charge in [-0.3, -0.25) is 4.79 Å². The summed E-state index contributed by atoms with van der Waals surface area (Å²) >= 11 is 3.30. The summed E-state index contributed by atoms with van der Waals surface area (Å²) in [5, 5.41) is 0. The Labute approximate surface area is 120 Å². The summed E-state index contributed by atoms with van der Waals surface area (Å²) in [6, 6.07) is 5.22. The highest BCUT2D eigenvalue weighted by molar-refractivity contribution is 9.10. The molecule has 0 N–H and O–H groups in total. The number of benzene rings is 1. The zero-order chi connectivity index (χ0) is 14.0. The summed E-state index contributed by atoms with van der Waals surface area (Å²) in [7, 11) is 1.33. The summed E-state index contributed by atoms with van der Waals surface area (Å²) in [5.74, 6) is -0.221. The van der Waals surface area contributed by atoms with Crippen molar-refractivity contribution < 1.29 is 14.3 Å². The fourth-order valence-corrected chi connectivity index (χ4v) is 2.50. The molecule has 1 heterocycles. The molecule has 0 aliphatic carbocycles. The first-order valence-electron chi connectivity index (χ1n) is 5.87. The van der Waals surface area contributed by atoms with Crippen LogP contribution in [0.3, 0.4) is 0 Å². The maximum atomic E-state index is 11.9. The molecule has 1 aromatic rings. The third-order valence-corrected chi connectivity index (χ3v) is 3.85. The Hall–Kier alpha value is -1.62. The number of rotatable bonds is 3. The van der Waals surface area contributed by atoms with Gasteiger partial charge >= 0.3 is 5.97 Å². The highest BCUT2D eigenvalue weighted by Gasteiger charge is 2.29. The topological polar surface area (TPSA) is 46.6 Å². The molecular weight excluding hydrogens is 310 g/mol. The summed E-state index contributed by atoms with van der Waals surface area (Å²) in [6.07, 6.45) is 2.26. The van der Waals surface area contributed by atoms with E-state index in [0.29, 0.717) is 28.7 Å². The van der Waals surface area contributed by atoms with E-state index in [1.165, 1.54) is 7.11 Å². The molecule has 1 fully saturated rings. The van der Waals surface area contributed by atoms with E-state index >= 15 is 0 Å². The maximum Gasteiger partial charge on any atom is 0.339 e. The molecule has 2 rings (SSSR count). The Kier molecular flexibility index (Phi) is 4.04. The molecule has 4 nitrogen and oxygen atoms in total. The molecule has 1 atom stereocenters. The van der Waals surface area contributed by atoms with Crippen LogP contribution in [-0.4, -0.2) is 25.5 Å². The summed E-state index contributed by atoms with van der Waals surface area (Å²) in [4.78, 5) is 25.2. The van der Waals surface area contributed by atoms with Crippen LogP contribution < -0.4 is 4.90 Å². The van der Waals surface area contributed by atoms with Crippen molar-refractivity contribution in [1.82, 2.24) is 0 Å². The van der Waals surface area contributed by atoms with Gasteiger partial charge in [0.05, 0.1) is 12.7 Å². The highest BCUT2D eigenvalue weighted by atomic mass is 79.9. The van der Waals surface area contributed by atoms with E-state index in [2.05, 4.69) is 22.5 Å². The van der Waals surface area contributed by atoms with E-state index in [-0.39, 0.29) is 11.8 Å². The Morgan fingerprint density at radius 3 is 2.89 bits per heavy atom. The number of hydrogen-bond acceptors (Lipinski definition) is 3. The highest BCUT2D eigenvalue weighted by Crippen LogP contribution is 2.29. The van der Waals surface area contributed by atoms with Crippen molar-refractivity contribution in [3.8, 4) is 0 Å². The first-order chi connectivity index (χ1) is 9.06. The number of ether oxygens (including phenoxy) is 1. The third-order valence-electron chi connectivity index (χ3n) is 3.16. The van der Waals surface area contributed by atoms with Crippen LogP contribution in [0.1, 0.15) is 16.8 Å². The molecule has 100 valence electrons. The summed E-state index contributed by atoms with van der Waals surface area (Å²) in [5.41, 5.74) is 1.12. The van der Waals surface area contributed by atoms with Crippen molar-refractivity contribution in [1.29, 1.82) is 0 Å². The van der Waals surface area contributed by atoms with Crippen molar-refractivity contribution >= 4 is 33.5 Å². The summed E-state index contributed by atoms with van der Waals surface area (Å²) in [6.45, 7) is 4.32. The lowest BCUT2D eigenvalue weighted by Crippen LogP contribution is -2.24. The van der Waals surface area contributed by atoms with E-state index < -0.39 is 5.97 Å². The van der Waals surface area contributed by atoms with Crippen molar-refractivity contribution in [3.05, 3.63) is 40.9 Å². The van der Waals surface area contributed by atoms with Gasteiger partial charge in [-0.05, 0) is 34.1 Å². The molecule has 19 heavy (non-hydrogen) atoms. The SMILES string of the molecule is C=CC1CC(=O)N(c2ccc(Br)c(C(=O)OC)c2)C1. The van der Waals surface area contributed by atoms with Gasteiger partial charge in [0.1, 0.15) is 0 Å². The van der Waals surface area contributed by atoms with Crippen molar-refractivity contribution in [2.75, 3.05) is 18.6 Å². The number of anilines is 1. The second-order valence-corrected chi connectivity index (χ2v) is 5.21. The molecule has 5 heteroatoms. The second kappa shape index (κ2) is 5.57. The lowest BCUT2D eigenvalue weighted by molar-refractivity contribution is -0.117. The van der Waals surface area contributed by atoms with Crippen LogP contribution in [0.2, 0.25) is 0 Å². The predicted molar refractivity (Wildman–Crippen MR) is 76.1 cm³/mol. The molecule has 1 amide bonds. The van der Waals surface area contributed by atoms with E-state index in [1.807, 2.05) is 0 Å². The van der Waals surface area contributed by atoms with Crippen molar-refractivity contribution in [3.63, 3.8) is 0 Å². The molecule has 1 aliphatic rings. The number of amides is 1. The standard InChI is InChI=1S/C14H14BrNO3/c1-3-9-6-13(17)16(8-9)10-4-5-12(15)11(7-10)14(18)19-2/h3-5,7,9H,1,6,8H2,2H3. The van der Waals surface area contributed by atoms with Gasteiger partial charge in [-0.25, -0.2) is 4.79 Å². The number of methoxy groups -OCH3 is 1. The quantitative estimate of drug-likeness (QED) is 0.634. The minimum atomic E-state index is -0.430. The predicted octanol–water partition coefficient (Wildman–Crippen LogP) is 2.77. The zero-order valence-corrected chi connectivity index (χ0v) is 12.1. The third kappa shape index (κ3) is 2.71. The maximum absolute atomic E-state index is 11.9. The van der Waals surface area contributed by atoms with Crippen LogP contribution in [0.4, 0.5) is 5.69 Å². The van der Waals surface area contributed by atoms with Gasteiger partial charge in [0.2, 0.25) is 5.91 Å². The molecule has 0 radical (unpaired) electrons. The molecular formula is C14H14BrNO3. The number of carbonyl (C=O) groups excluding carboxylic acids is 2. The van der Waals surface area contributed by atoms with Gasteiger partial charge in [0, 0.05) is 29.0 Å². The number of hydrogen-bond donors (Lipinski definition) is 0. The molecule has 1 aromatic carbocycles. The number of esters is 1.